The quantitative estimate of drug-likeness (QED) is 0.737. The summed E-state index contributed by atoms with van der Waals surface area (Å²) in [6.45, 7) is 4.01. The molecule has 3 rings (SSSR count). The average Bonchev–Trinajstić information content (AvgIpc) is 2.81. The molecule has 1 aliphatic heterocycles. The molecule has 1 heterocycles. The average molecular weight is 388 g/mol. The molecule has 1 N–H and O–H groups in total. The number of aliphatic hydroxyl groups is 1. The fourth-order valence-electron chi connectivity index (χ4n) is 3.38. The number of hydrogen-bond donors (Lipinski definition) is 1. The zero-order chi connectivity index (χ0) is 19.6. The van der Waals surface area contributed by atoms with Gasteiger partial charge in [-0.3, -0.25) is 9.59 Å². The standard InChI is InChI=1S/C21H22ClNO4/c1-14-8-9-18-16(12-14)21(26,13-15(2)24)20(25)23(18)10-5-11-27-19-7-4-3-6-17(19)22/h3-4,6-9,12,26H,5,10-11,13H2,1-2H3/t21-/m0/s1. The van der Waals surface area contributed by atoms with Crippen molar-refractivity contribution in [1.82, 2.24) is 0 Å². The molecule has 0 aromatic heterocycles. The molecule has 0 radical (unpaired) electrons. The minimum atomic E-state index is -1.79. The Morgan fingerprint density at radius 3 is 2.70 bits per heavy atom. The summed E-state index contributed by atoms with van der Waals surface area (Å²) in [4.78, 5) is 26.1. The highest BCUT2D eigenvalue weighted by Gasteiger charge is 2.50. The minimum Gasteiger partial charge on any atom is -0.492 e. The van der Waals surface area contributed by atoms with Gasteiger partial charge in [0.1, 0.15) is 11.5 Å². The van der Waals surface area contributed by atoms with Crippen molar-refractivity contribution < 1.29 is 19.4 Å². The number of anilines is 1. The number of hydrogen-bond acceptors (Lipinski definition) is 4. The third kappa shape index (κ3) is 3.84. The topological polar surface area (TPSA) is 66.8 Å². The first kappa shape index (κ1) is 19.4. The predicted octanol–water partition coefficient (Wildman–Crippen LogP) is 3.63. The molecule has 6 heteroatoms. The molecular formula is C21H22ClNO4. The number of fused-ring (bicyclic) bond motifs is 1. The SMILES string of the molecule is CC(=O)C[C@@]1(O)C(=O)N(CCCOc2ccccc2Cl)c2ccc(C)cc21. The first-order valence-corrected chi connectivity index (χ1v) is 9.23. The fourth-order valence-corrected chi connectivity index (χ4v) is 3.57. The maximum absolute atomic E-state index is 12.9. The first-order chi connectivity index (χ1) is 12.8. The van der Waals surface area contributed by atoms with Crippen molar-refractivity contribution >= 4 is 29.0 Å². The molecule has 0 unspecified atom stereocenters. The van der Waals surface area contributed by atoms with Gasteiger partial charge >= 0.3 is 0 Å². The van der Waals surface area contributed by atoms with E-state index >= 15 is 0 Å². The number of Topliss-reactive ketones (excluding diaryl/α,β-unsaturated/α-hetero) is 1. The van der Waals surface area contributed by atoms with Gasteiger partial charge < -0.3 is 14.7 Å². The predicted molar refractivity (Wildman–Crippen MR) is 104 cm³/mol. The normalized spacial score (nSPS) is 18.5. The number of ketones is 1. The van der Waals surface area contributed by atoms with Gasteiger partial charge in [-0.25, -0.2) is 0 Å². The zero-order valence-electron chi connectivity index (χ0n) is 15.4. The number of benzene rings is 2. The Morgan fingerprint density at radius 2 is 2.00 bits per heavy atom. The van der Waals surface area contributed by atoms with Gasteiger partial charge in [0.2, 0.25) is 0 Å². The number of nitrogens with zero attached hydrogens (tertiary/aromatic N) is 1. The molecule has 142 valence electrons. The van der Waals surface area contributed by atoms with Gasteiger partial charge in [0.05, 0.1) is 17.3 Å². The second kappa shape index (κ2) is 7.71. The van der Waals surface area contributed by atoms with E-state index in [1.165, 1.54) is 11.8 Å². The van der Waals surface area contributed by atoms with Crippen LogP contribution in [0.4, 0.5) is 5.69 Å². The lowest BCUT2D eigenvalue weighted by atomic mass is 9.89. The number of aryl methyl sites for hydroxylation is 1. The van der Waals surface area contributed by atoms with Crippen molar-refractivity contribution in [3.8, 4) is 5.75 Å². The highest BCUT2D eigenvalue weighted by molar-refractivity contribution is 6.32. The van der Waals surface area contributed by atoms with Crippen LogP contribution in [0, 0.1) is 6.92 Å². The van der Waals surface area contributed by atoms with E-state index in [0.29, 0.717) is 41.6 Å². The van der Waals surface area contributed by atoms with Crippen LogP contribution in [0.1, 0.15) is 30.9 Å². The van der Waals surface area contributed by atoms with E-state index in [1.807, 2.05) is 31.2 Å². The van der Waals surface area contributed by atoms with Gasteiger partial charge in [-0.2, -0.15) is 0 Å². The lowest BCUT2D eigenvalue weighted by Crippen LogP contribution is -2.42. The van der Waals surface area contributed by atoms with Crippen molar-refractivity contribution in [1.29, 1.82) is 0 Å². The van der Waals surface area contributed by atoms with Crippen LogP contribution < -0.4 is 9.64 Å². The lowest BCUT2D eigenvalue weighted by Gasteiger charge is -2.22. The van der Waals surface area contributed by atoms with Gasteiger partial charge in [0, 0.05) is 18.5 Å². The van der Waals surface area contributed by atoms with E-state index in [2.05, 4.69) is 0 Å². The van der Waals surface area contributed by atoms with E-state index in [0.717, 1.165) is 5.56 Å². The summed E-state index contributed by atoms with van der Waals surface area (Å²) in [6.07, 6.45) is 0.329. The summed E-state index contributed by atoms with van der Waals surface area (Å²) >= 11 is 6.07. The largest absolute Gasteiger partial charge is 0.492 e. The second-order valence-corrected chi connectivity index (χ2v) is 7.26. The van der Waals surface area contributed by atoms with Crippen LogP contribution >= 0.6 is 11.6 Å². The number of amides is 1. The first-order valence-electron chi connectivity index (χ1n) is 8.85. The highest BCUT2D eigenvalue weighted by atomic mass is 35.5. The van der Waals surface area contributed by atoms with E-state index in [-0.39, 0.29) is 12.2 Å². The Morgan fingerprint density at radius 1 is 1.26 bits per heavy atom. The molecule has 5 nitrogen and oxygen atoms in total. The van der Waals surface area contributed by atoms with E-state index in [4.69, 9.17) is 16.3 Å². The monoisotopic (exact) mass is 387 g/mol. The second-order valence-electron chi connectivity index (χ2n) is 6.85. The number of carbonyl (C=O) groups is 2. The van der Waals surface area contributed by atoms with Crippen LogP contribution in [-0.2, 0) is 15.2 Å². The molecule has 0 spiro atoms. The van der Waals surface area contributed by atoms with Gasteiger partial charge in [-0.05, 0) is 38.5 Å². The van der Waals surface area contributed by atoms with Crippen molar-refractivity contribution in [2.75, 3.05) is 18.1 Å². The van der Waals surface area contributed by atoms with Crippen molar-refractivity contribution in [2.45, 2.75) is 32.3 Å². The molecule has 0 saturated carbocycles. The summed E-state index contributed by atoms with van der Waals surface area (Å²) < 4.78 is 5.67. The van der Waals surface area contributed by atoms with E-state index < -0.39 is 11.5 Å². The molecule has 0 fully saturated rings. The molecule has 0 saturated heterocycles. The Kier molecular flexibility index (Phi) is 5.53. The Balaban J connectivity index is 1.73. The third-order valence-corrected chi connectivity index (χ3v) is 4.92. The van der Waals surface area contributed by atoms with Crippen LogP contribution in [0.25, 0.3) is 0 Å². The van der Waals surface area contributed by atoms with Crippen LogP contribution in [0.3, 0.4) is 0 Å². The van der Waals surface area contributed by atoms with Crippen molar-refractivity contribution in [3.63, 3.8) is 0 Å². The Bertz CT molecular complexity index is 882. The summed E-state index contributed by atoms with van der Waals surface area (Å²) in [5, 5.41) is 11.5. The maximum atomic E-state index is 12.9. The van der Waals surface area contributed by atoms with Crippen molar-refractivity contribution in [3.05, 3.63) is 58.6 Å². The van der Waals surface area contributed by atoms with Crippen LogP contribution in [0.15, 0.2) is 42.5 Å². The van der Waals surface area contributed by atoms with Gasteiger partial charge in [0.15, 0.2) is 5.60 Å². The van der Waals surface area contributed by atoms with Crippen LogP contribution in [-0.4, -0.2) is 29.9 Å². The minimum absolute atomic E-state index is 0.227. The van der Waals surface area contributed by atoms with Gasteiger partial charge in [0.25, 0.3) is 5.91 Å². The molecule has 2 aromatic carbocycles. The Labute approximate surface area is 163 Å². The van der Waals surface area contributed by atoms with Crippen LogP contribution in [0.2, 0.25) is 5.02 Å². The summed E-state index contributed by atoms with van der Waals surface area (Å²) in [7, 11) is 0. The third-order valence-electron chi connectivity index (χ3n) is 4.61. The highest BCUT2D eigenvalue weighted by Crippen LogP contribution is 2.43. The van der Waals surface area contributed by atoms with Crippen molar-refractivity contribution in [2.24, 2.45) is 0 Å². The fraction of sp³-hybridized carbons (Fsp3) is 0.333. The smallest absolute Gasteiger partial charge is 0.264 e. The number of ether oxygens (including phenoxy) is 1. The molecule has 1 amide bonds. The molecule has 1 aliphatic rings. The van der Waals surface area contributed by atoms with E-state index in [9.17, 15) is 14.7 Å². The molecule has 27 heavy (non-hydrogen) atoms. The zero-order valence-corrected chi connectivity index (χ0v) is 16.1. The molecule has 1 atom stereocenters. The lowest BCUT2D eigenvalue weighted by molar-refractivity contribution is -0.141. The summed E-state index contributed by atoms with van der Waals surface area (Å²) in [6, 6.07) is 12.7. The molecular weight excluding hydrogens is 366 g/mol. The summed E-state index contributed by atoms with van der Waals surface area (Å²) in [5.74, 6) is -0.103. The Hall–Kier alpha value is -2.37. The number of carbonyl (C=O) groups excluding carboxylic acids is 2. The van der Waals surface area contributed by atoms with Gasteiger partial charge in [-0.15, -0.1) is 0 Å². The molecule has 2 aromatic rings. The van der Waals surface area contributed by atoms with E-state index in [1.54, 1.807) is 18.2 Å². The molecule has 0 bridgehead atoms. The number of para-hydroxylation sites is 1. The maximum Gasteiger partial charge on any atom is 0.264 e. The molecule has 0 aliphatic carbocycles. The number of halogens is 1. The summed E-state index contributed by atoms with van der Waals surface area (Å²) in [5.41, 5.74) is 0.269. The van der Waals surface area contributed by atoms with Gasteiger partial charge in [-0.1, -0.05) is 41.4 Å². The van der Waals surface area contributed by atoms with Crippen LogP contribution in [0.5, 0.6) is 5.75 Å². The number of rotatable bonds is 7.